The monoisotopic (exact) mass is 497 g/mol. The molecule has 2 N–H and O–H groups in total. The lowest BCUT2D eigenvalue weighted by atomic mass is 10.0. The SMILES string of the molecule is CC(C)(C)[Si](C)(C)OCCCn1nc(N)c2ccc(-c3cc(F)ccc3OCC(F)(F)F)cc21. The van der Waals surface area contributed by atoms with Gasteiger partial charge in [0.05, 0.1) is 5.52 Å². The van der Waals surface area contributed by atoms with Crippen LogP contribution in [0.1, 0.15) is 27.2 Å². The Balaban J connectivity index is 1.85. The van der Waals surface area contributed by atoms with Gasteiger partial charge < -0.3 is 14.9 Å². The van der Waals surface area contributed by atoms with Gasteiger partial charge in [-0.15, -0.1) is 0 Å². The first-order valence-corrected chi connectivity index (χ1v) is 14.0. The molecule has 0 amide bonds. The molecular formula is C24H31F4N3O2Si. The number of rotatable bonds is 8. The minimum atomic E-state index is -4.50. The third-order valence-electron chi connectivity index (χ3n) is 6.21. The van der Waals surface area contributed by atoms with Gasteiger partial charge in [-0.3, -0.25) is 4.68 Å². The van der Waals surface area contributed by atoms with E-state index in [1.165, 1.54) is 6.07 Å². The van der Waals surface area contributed by atoms with Crippen molar-refractivity contribution in [2.75, 3.05) is 18.9 Å². The summed E-state index contributed by atoms with van der Waals surface area (Å²) in [6, 6.07) is 8.56. The number of alkyl halides is 3. The van der Waals surface area contributed by atoms with Gasteiger partial charge in [0, 0.05) is 24.1 Å². The molecule has 0 spiro atoms. The zero-order chi connectivity index (χ0) is 25.3. The molecule has 1 heterocycles. The van der Waals surface area contributed by atoms with Gasteiger partial charge in [-0.1, -0.05) is 26.8 Å². The van der Waals surface area contributed by atoms with Gasteiger partial charge in [0.1, 0.15) is 11.6 Å². The number of nitrogen functional groups attached to an aromatic ring is 1. The molecule has 2 aromatic carbocycles. The minimum absolute atomic E-state index is 0.0557. The highest BCUT2D eigenvalue weighted by molar-refractivity contribution is 6.74. The summed E-state index contributed by atoms with van der Waals surface area (Å²) in [5, 5.41) is 5.24. The first-order valence-electron chi connectivity index (χ1n) is 11.1. The summed E-state index contributed by atoms with van der Waals surface area (Å²) < 4.78 is 64.9. The zero-order valence-corrected chi connectivity index (χ0v) is 21.1. The normalized spacial score (nSPS) is 13.0. The van der Waals surface area contributed by atoms with E-state index in [0.717, 1.165) is 12.1 Å². The van der Waals surface area contributed by atoms with E-state index in [1.54, 1.807) is 22.9 Å². The summed E-state index contributed by atoms with van der Waals surface area (Å²) in [5.74, 6) is -0.287. The maximum Gasteiger partial charge on any atom is 0.422 e. The molecular weight excluding hydrogens is 466 g/mol. The van der Waals surface area contributed by atoms with Crippen LogP contribution in [0.5, 0.6) is 5.75 Å². The van der Waals surface area contributed by atoms with E-state index < -0.39 is 26.9 Å². The number of aromatic nitrogens is 2. The Hall–Kier alpha value is -2.59. The summed E-state index contributed by atoms with van der Waals surface area (Å²) in [4.78, 5) is 0. The number of nitrogens with two attached hydrogens (primary N) is 1. The van der Waals surface area contributed by atoms with Gasteiger partial charge in [-0.2, -0.15) is 18.3 Å². The molecule has 3 aromatic rings. The molecule has 10 heteroatoms. The Morgan fingerprint density at radius 3 is 2.41 bits per heavy atom. The maximum absolute atomic E-state index is 14.0. The molecule has 0 bridgehead atoms. The van der Waals surface area contributed by atoms with Crippen molar-refractivity contribution in [1.29, 1.82) is 0 Å². The van der Waals surface area contributed by atoms with Gasteiger partial charge >= 0.3 is 6.18 Å². The lowest BCUT2D eigenvalue weighted by molar-refractivity contribution is -0.153. The first-order chi connectivity index (χ1) is 15.7. The molecule has 186 valence electrons. The Kier molecular flexibility index (Phi) is 7.33. The third kappa shape index (κ3) is 6.09. The largest absolute Gasteiger partial charge is 0.483 e. The fourth-order valence-electron chi connectivity index (χ4n) is 3.31. The molecule has 0 saturated heterocycles. The molecule has 5 nitrogen and oxygen atoms in total. The fraction of sp³-hybridized carbons (Fsp3) is 0.458. The molecule has 1 aromatic heterocycles. The molecule has 0 aliphatic heterocycles. The average Bonchev–Trinajstić information content (AvgIpc) is 3.04. The molecule has 3 rings (SSSR count). The smallest absolute Gasteiger partial charge is 0.422 e. The summed E-state index contributed by atoms with van der Waals surface area (Å²) in [6.07, 6.45) is -3.79. The Morgan fingerprint density at radius 2 is 1.76 bits per heavy atom. The number of benzene rings is 2. The van der Waals surface area contributed by atoms with Crippen molar-refractivity contribution in [3.8, 4) is 16.9 Å². The van der Waals surface area contributed by atoms with Crippen LogP contribution < -0.4 is 10.5 Å². The van der Waals surface area contributed by atoms with Crippen LogP contribution in [0.3, 0.4) is 0 Å². The van der Waals surface area contributed by atoms with Gasteiger partial charge in [0.25, 0.3) is 0 Å². The third-order valence-corrected chi connectivity index (χ3v) is 10.7. The van der Waals surface area contributed by atoms with Crippen molar-refractivity contribution >= 4 is 25.0 Å². The van der Waals surface area contributed by atoms with Crippen molar-refractivity contribution in [1.82, 2.24) is 9.78 Å². The molecule has 0 aliphatic carbocycles. The van der Waals surface area contributed by atoms with Crippen LogP contribution in [0.2, 0.25) is 18.1 Å². The summed E-state index contributed by atoms with van der Waals surface area (Å²) >= 11 is 0. The number of nitrogens with zero attached hydrogens (tertiary/aromatic N) is 2. The van der Waals surface area contributed by atoms with Crippen molar-refractivity contribution < 1.29 is 26.7 Å². The second-order valence-electron chi connectivity index (χ2n) is 9.85. The van der Waals surface area contributed by atoms with Gasteiger partial charge in [-0.05, 0) is 60.4 Å². The molecule has 34 heavy (non-hydrogen) atoms. The molecule has 0 radical (unpaired) electrons. The average molecular weight is 498 g/mol. The second kappa shape index (κ2) is 9.57. The highest BCUT2D eigenvalue weighted by Gasteiger charge is 2.36. The molecule has 0 atom stereocenters. The Labute approximate surface area is 198 Å². The van der Waals surface area contributed by atoms with Crippen LogP contribution in [-0.4, -0.2) is 37.5 Å². The number of hydrogen-bond donors (Lipinski definition) is 1. The molecule has 0 fully saturated rings. The van der Waals surface area contributed by atoms with E-state index >= 15 is 0 Å². The van der Waals surface area contributed by atoms with Crippen LogP contribution in [0.15, 0.2) is 36.4 Å². The van der Waals surface area contributed by atoms with Crippen LogP contribution in [0, 0.1) is 5.82 Å². The van der Waals surface area contributed by atoms with Gasteiger partial charge in [0.15, 0.2) is 20.7 Å². The van der Waals surface area contributed by atoms with E-state index in [4.69, 9.17) is 14.9 Å². The van der Waals surface area contributed by atoms with Crippen molar-refractivity contribution in [2.45, 2.75) is 58.0 Å². The number of ether oxygens (including phenoxy) is 1. The van der Waals surface area contributed by atoms with Crippen LogP contribution in [0.4, 0.5) is 23.4 Å². The second-order valence-corrected chi connectivity index (χ2v) is 14.7. The van der Waals surface area contributed by atoms with Crippen LogP contribution in [0.25, 0.3) is 22.0 Å². The van der Waals surface area contributed by atoms with Crippen molar-refractivity contribution in [3.63, 3.8) is 0 Å². The van der Waals surface area contributed by atoms with E-state index in [1.807, 2.05) is 0 Å². The van der Waals surface area contributed by atoms with E-state index in [0.29, 0.717) is 41.9 Å². The van der Waals surface area contributed by atoms with Crippen molar-refractivity contribution in [3.05, 3.63) is 42.2 Å². The number of aryl methyl sites for hydroxylation is 1. The van der Waals surface area contributed by atoms with E-state index in [-0.39, 0.29) is 16.4 Å². The number of fused-ring (bicyclic) bond motifs is 1. The number of anilines is 1. The Bertz CT molecular complexity index is 1150. The molecule has 0 saturated carbocycles. The van der Waals surface area contributed by atoms with Gasteiger partial charge in [0.2, 0.25) is 0 Å². The summed E-state index contributed by atoms with van der Waals surface area (Å²) in [5.41, 5.74) is 7.51. The maximum atomic E-state index is 14.0. The minimum Gasteiger partial charge on any atom is -0.483 e. The predicted molar refractivity (Wildman–Crippen MR) is 129 cm³/mol. The number of hydrogen-bond acceptors (Lipinski definition) is 4. The first kappa shape index (κ1) is 26.0. The summed E-state index contributed by atoms with van der Waals surface area (Å²) in [7, 11) is -1.86. The highest BCUT2D eigenvalue weighted by atomic mass is 28.4. The number of halogens is 4. The van der Waals surface area contributed by atoms with E-state index in [2.05, 4.69) is 39.0 Å². The summed E-state index contributed by atoms with van der Waals surface area (Å²) in [6.45, 7) is 10.6. The van der Waals surface area contributed by atoms with Crippen LogP contribution >= 0.6 is 0 Å². The predicted octanol–water partition coefficient (Wildman–Crippen LogP) is 6.78. The Morgan fingerprint density at radius 1 is 1.06 bits per heavy atom. The van der Waals surface area contributed by atoms with Crippen LogP contribution in [-0.2, 0) is 11.0 Å². The molecule has 0 aliphatic rings. The molecule has 0 unspecified atom stereocenters. The lowest BCUT2D eigenvalue weighted by Crippen LogP contribution is -2.41. The lowest BCUT2D eigenvalue weighted by Gasteiger charge is -2.36. The quantitative estimate of drug-likeness (QED) is 0.212. The van der Waals surface area contributed by atoms with Crippen molar-refractivity contribution in [2.24, 2.45) is 0 Å². The standard InChI is InChI=1S/C24H31F4N3O2Si/c1-23(2,3)34(4,5)33-12-6-11-31-20-13-16(7-9-18(20)22(29)30-31)19-14-17(25)8-10-21(19)32-15-24(26,27)28/h7-10,13-14H,6,11-12,15H2,1-5H3,(H2,29,30). The topological polar surface area (TPSA) is 62.3 Å². The highest BCUT2D eigenvalue weighted by Crippen LogP contribution is 2.37. The van der Waals surface area contributed by atoms with E-state index in [9.17, 15) is 17.6 Å². The van der Waals surface area contributed by atoms with Gasteiger partial charge in [-0.25, -0.2) is 4.39 Å². The zero-order valence-electron chi connectivity index (χ0n) is 20.1. The fourth-order valence-corrected chi connectivity index (χ4v) is 4.40.